The van der Waals surface area contributed by atoms with E-state index in [1.165, 1.54) is 19.3 Å². The fourth-order valence-corrected chi connectivity index (χ4v) is 0.766. The summed E-state index contributed by atoms with van der Waals surface area (Å²) in [5.41, 5.74) is 0. The molecule has 0 fully saturated rings. The summed E-state index contributed by atoms with van der Waals surface area (Å²) in [6.45, 7) is 7.78. The summed E-state index contributed by atoms with van der Waals surface area (Å²) in [6, 6.07) is 0. The number of halogens is 1. The van der Waals surface area contributed by atoms with Gasteiger partial charge in [-0.15, -0.1) is 11.6 Å². The van der Waals surface area contributed by atoms with E-state index in [1.54, 1.807) is 6.08 Å². The minimum atomic E-state index is 0.827. The van der Waals surface area contributed by atoms with Gasteiger partial charge in [-0.3, -0.25) is 0 Å². The zero-order valence-electron chi connectivity index (χ0n) is 8.35. The van der Waals surface area contributed by atoms with E-state index in [1.807, 2.05) is 6.08 Å². The lowest BCUT2D eigenvalue weighted by atomic mass is 10.3. The van der Waals surface area contributed by atoms with Crippen LogP contribution in [0.25, 0.3) is 0 Å². The Morgan fingerprint density at radius 2 is 1.92 bits per heavy atom. The zero-order valence-corrected chi connectivity index (χ0v) is 9.11. The SMILES string of the molecule is C=C/C=C/CC.CCCCCCl. The summed E-state index contributed by atoms with van der Waals surface area (Å²) in [6.07, 6.45) is 10.6. The van der Waals surface area contributed by atoms with Gasteiger partial charge in [-0.05, 0) is 12.8 Å². The van der Waals surface area contributed by atoms with Crippen LogP contribution in [0.5, 0.6) is 0 Å². The molecule has 0 amide bonds. The molecule has 72 valence electrons. The second kappa shape index (κ2) is 17.0. The molecule has 0 bridgehead atoms. The Morgan fingerprint density at radius 1 is 1.25 bits per heavy atom. The van der Waals surface area contributed by atoms with Gasteiger partial charge in [-0.25, -0.2) is 0 Å². The predicted molar refractivity (Wildman–Crippen MR) is 59.9 cm³/mol. The van der Waals surface area contributed by atoms with Gasteiger partial charge >= 0.3 is 0 Å². The maximum Gasteiger partial charge on any atom is 0.0223 e. The summed E-state index contributed by atoms with van der Waals surface area (Å²) in [5, 5.41) is 0. The molecule has 0 aromatic heterocycles. The first-order chi connectivity index (χ1) is 5.83. The van der Waals surface area contributed by atoms with Crippen LogP contribution in [-0.2, 0) is 0 Å². The number of rotatable bonds is 5. The second-order valence-electron chi connectivity index (χ2n) is 2.47. The number of allylic oxidation sites excluding steroid dienone is 3. The largest absolute Gasteiger partial charge is 0.127 e. The van der Waals surface area contributed by atoms with Crippen molar-refractivity contribution in [1.29, 1.82) is 0 Å². The molecule has 0 aliphatic heterocycles. The monoisotopic (exact) mass is 188 g/mol. The van der Waals surface area contributed by atoms with E-state index in [9.17, 15) is 0 Å². The maximum atomic E-state index is 5.38. The van der Waals surface area contributed by atoms with Gasteiger partial charge in [0.1, 0.15) is 0 Å². The van der Waals surface area contributed by atoms with Crippen LogP contribution < -0.4 is 0 Å². The van der Waals surface area contributed by atoms with Gasteiger partial charge in [0, 0.05) is 5.88 Å². The third-order valence-corrected chi connectivity index (χ3v) is 1.51. The summed E-state index contributed by atoms with van der Waals surface area (Å²) >= 11 is 5.38. The van der Waals surface area contributed by atoms with Crippen LogP contribution >= 0.6 is 11.6 Å². The number of unbranched alkanes of at least 4 members (excludes halogenated alkanes) is 2. The van der Waals surface area contributed by atoms with Gasteiger partial charge < -0.3 is 0 Å². The lowest BCUT2D eigenvalue weighted by Gasteiger charge is -1.84. The molecule has 0 atom stereocenters. The molecule has 0 aliphatic carbocycles. The smallest absolute Gasteiger partial charge is 0.0223 e. The Hall–Kier alpha value is -0.230. The molecule has 0 rings (SSSR count). The highest BCUT2D eigenvalue weighted by Gasteiger charge is 1.76. The van der Waals surface area contributed by atoms with Gasteiger partial charge in [0.2, 0.25) is 0 Å². The van der Waals surface area contributed by atoms with E-state index >= 15 is 0 Å². The first-order valence-electron chi connectivity index (χ1n) is 4.66. The predicted octanol–water partition coefficient (Wildman–Crippen LogP) is 4.55. The average molecular weight is 189 g/mol. The van der Waals surface area contributed by atoms with E-state index in [2.05, 4.69) is 26.5 Å². The van der Waals surface area contributed by atoms with Gasteiger partial charge in [-0.1, -0.05) is 51.5 Å². The van der Waals surface area contributed by atoms with Crippen molar-refractivity contribution in [3.8, 4) is 0 Å². The van der Waals surface area contributed by atoms with Crippen molar-refractivity contribution in [2.24, 2.45) is 0 Å². The minimum absolute atomic E-state index is 0.827. The maximum absolute atomic E-state index is 5.38. The molecule has 0 N–H and O–H groups in total. The Balaban J connectivity index is 0. The molecule has 0 aromatic carbocycles. The number of alkyl halides is 1. The van der Waals surface area contributed by atoms with Crippen molar-refractivity contribution in [3.05, 3.63) is 24.8 Å². The molecular formula is C11H21Cl. The van der Waals surface area contributed by atoms with Crippen LogP contribution in [-0.4, -0.2) is 5.88 Å². The average Bonchev–Trinajstić information content (AvgIpc) is 2.12. The Bertz CT molecular complexity index is 91.2. The zero-order chi connectivity index (χ0) is 9.66. The molecule has 0 radical (unpaired) electrons. The number of hydrogen-bond donors (Lipinski definition) is 0. The summed E-state index contributed by atoms with van der Waals surface area (Å²) in [5.74, 6) is 0.827. The second-order valence-corrected chi connectivity index (χ2v) is 2.85. The van der Waals surface area contributed by atoms with Crippen molar-refractivity contribution in [2.45, 2.75) is 39.5 Å². The first-order valence-corrected chi connectivity index (χ1v) is 5.20. The van der Waals surface area contributed by atoms with Crippen LogP contribution in [0.3, 0.4) is 0 Å². The lowest BCUT2D eigenvalue weighted by Crippen LogP contribution is -1.70. The fourth-order valence-electron chi connectivity index (χ4n) is 0.577. The Labute approximate surface area is 82.3 Å². The molecule has 12 heavy (non-hydrogen) atoms. The third-order valence-electron chi connectivity index (χ3n) is 1.25. The molecule has 0 saturated carbocycles. The van der Waals surface area contributed by atoms with E-state index in [0.717, 1.165) is 12.3 Å². The molecule has 0 heterocycles. The van der Waals surface area contributed by atoms with E-state index in [0.29, 0.717) is 0 Å². The van der Waals surface area contributed by atoms with Crippen LogP contribution in [0.2, 0.25) is 0 Å². The molecule has 0 aromatic rings. The molecule has 0 unspecified atom stereocenters. The standard InChI is InChI=1S/C6H10.C5H11Cl/c1-3-5-6-4-2;1-2-3-4-5-6/h3,5-6H,1,4H2,2H3;2-5H2,1H3/b6-5+;. The molecular weight excluding hydrogens is 168 g/mol. The number of hydrogen-bond acceptors (Lipinski definition) is 0. The van der Waals surface area contributed by atoms with Gasteiger partial charge in [0.15, 0.2) is 0 Å². The van der Waals surface area contributed by atoms with Crippen molar-refractivity contribution in [2.75, 3.05) is 5.88 Å². The topological polar surface area (TPSA) is 0 Å². The Morgan fingerprint density at radius 3 is 2.08 bits per heavy atom. The Kier molecular flexibility index (Phi) is 20.3. The van der Waals surface area contributed by atoms with Crippen molar-refractivity contribution in [3.63, 3.8) is 0 Å². The van der Waals surface area contributed by atoms with Crippen LogP contribution in [0, 0.1) is 0 Å². The van der Waals surface area contributed by atoms with Crippen molar-refractivity contribution >= 4 is 11.6 Å². The van der Waals surface area contributed by atoms with Crippen LogP contribution in [0.15, 0.2) is 24.8 Å². The van der Waals surface area contributed by atoms with Crippen molar-refractivity contribution < 1.29 is 0 Å². The van der Waals surface area contributed by atoms with Gasteiger partial charge in [0.25, 0.3) is 0 Å². The summed E-state index contributed by atoms with van der Waals surface area (Å²) in [7, 11) is 0. The lowest BCUT2D eigenvalue weighted by molar-refractivity contribution is 0.776. The highest BCUT2D eigenvalue weighted by Crippen LogP contribution is 1.93. The molecule has 0 spiro atoms. The van der Waals surface area contributed by atoms with Crippen LogP contribution in [0.4, 0.5) is 0 Å². The quantitative estimate of drug-likeness (QED) is 0.337. The van der Waals surface area contributed by atoms with Gasteiger partial charge in [-0.2, -0.15) is 0 Å². The molecule has 1 heteroatoms. The first kappa shape index (κ1) is 14.3. The van der Waals surface area contributed by atoms with Crippen molar-refractivity contribution in [1.82, 2.24) is 0 Å². The van der Waals surface area contributed by atoms with E-state index < -0.39 is 0 Å². The molecule has 0 aliphatic rings. The normalized spacial score (nSPS) is 9.25. The fraction of sp³-hybridized carbons (Fsp3) is 0.636. The minimum Gasteiger partial charge on any atom is -0.127 e. The van der Waals surface area contributed by atoms with E-state index in [4.69, 9.17) is 11.6 Å². The molecule has 0 saturated heterocycles. The van der Waals surface area contributed by atoms with Gasteiger partial charge in [0.05, 0.1) is 0 Å². The highest BCUT2D eigenvalue weighted by atomic mass is 35.5. The highest BCUT2D eigenvalue weighted by molar-refractivity contribution is 6.17. The summed E-state index contributed by atoms with van der Waals surface area (Å²) in [4.78, 5) is 0. The third kappa shape index (κ3) is 22.6. The van der Waals surface area contributed by atoms with E-state index in [-0.39, 0.29) is 0 Å². The van der Waals surface area contributed by atoms with Crippen LogP contribution in [0.1, 0.15) is 39.5 Å². The molecule has 0 nitrogen and oxygen atoms in total. The summed E-state index contributed by atoms with van der Waals surface area (Å²) < 4.78 is 0.